The Hall–Kier alpha value is -4.79. The molecule has 1 aromatic carbocycles. The van der Waals surface area contributed by atoms with Crippen LogP contribution >= 0.6 is 0 Å². The summed E-state index contributed by atoms with van der Waals surface area (Å²) in [5.41, 5.74) is 11.0. The number of hydrogen-bond acceptors (Lipinski definition) is 13. The standard InChI is InChI=1S/C37H47N3O11/c1-15-11-10-12-16(2)36(47)40-28-27(39)26(38)23-24(32(28)45)31(44)20(6)34-25(23)35(46)37(8,51-34)49-14-13-22(48-9)17(3)33(50-21(7)41)19(5)30(43)18(4)29(15)42/h10-15,17-19,22,29-30,33,42-44H,38-39H2,1-9H3/b11-10+,14-13+,16-12-,40-28?/t15-,17-,18+,19-,22-,29-,30+,33+,37-/m0/s1. The smallest absolute Gasteiger partial charge is 0.312 e. The number of nitrogens with zero attached hydrogens (tertiary/aromatic N) is 1. The average Bonchev–Trinajstić information content (AvgIpc) is 3.35. The zero-order valence-electron chi connectivity index (χ0n) is 30.2. The van der Waals surface area contributed by atoms with Gasteiger partial charge in [0.2, 0.25) is 5.78 Å². The summed E-state index contributed by atoms with van der Waals surface area (Å²) >= 11 is 0. The van der Waals surface area contributed by atoms with Crippen LogP contribution in [-0.2, 0) is 23.8 Å². The third kappa shape index (κ3) is 7.08. The van der Waals surface area contributed by atoms with Gasteiger partial charge in [0, 0.05) is 61.3 Å². The Bertz CT molecular complexity index is 1790. The largest absolute Gasteiger partial charge is 0.507 e. The molecule has 1 aromatic rings. The highest BCUT2D eigenvalue weighted by molar-refractivity contribution is 6.56. The van der Waals surface area contributed by atoms with Crippen LogP contribution < -0.4 is 16.2 Å². The molecule has 0 fully saturated rings. The quantitative estimate of drug-likeness (QED) is 0.279. The van der Waals surface area contributed by atoms with E-state index in [9.17, 15) is 34.5 Å². The van der Waals surface area contributed by atoms with Gasteiger partial charge in [-0.05, 0) is 19.9 Å². The molecule has 0 radical (unpaired) electrons. The Kier molecular flexibility index (Phi) is 11.3. The monoisotopic (exact) mass is 709 g/mol. The number of aromatic hydroxyl groups is 1. The van der Waals surface area contributed by atoms with Gasteiger partial charge in [-0.2, -0.15) is 0 Å². The fourth-order valence-electron chi connectivity index (χ4n) is 6.72. The van der Waals surface area contributed by atoms with Gasteiger partial charge in [-0.3, -0.25) is 19.2 Å². The van der Waals surface area contributed by atoms with Crippen molar-refractivity contribution in [3.8, 4) is 11.5 Å². The number of phenolic OH excluding ortho intramolecular Hbond substituents is 1. The lowest BCUT2D eigenvalue weighted by Gasteiger charge is -2.38. The van der Waals surface area contributed by atoms with Gasteiger partial charge < -0.3 is 45.7 Å². The summed E-state index contributed by atoms with van der Waals surface area (Å²) in [5, 5.41) is 33.8. The number of hydrogen-bond donors (Lipinski definition) is 5. The second-order valence-electron chi connectivity index (χ2n) is 13.6. The number of amides is 1. The van der Waals surface area contributed by atoms with E-state index in [4.69, 9.17) is 30.4 Å². The number of aliphatic hydroxyl groups excluding tert-OH is 2. The topological polar surface area (TPSA) is 230 Å². The molecule has 0 aromatic heterocycles. The zero-order valence-corrected chi connectivity index (χ0v) is 30.2. The lowest BCUT2D eigenvalue weighted by atomic mass is 9.78. The first-order valence-electron chi connectivity index (χ1n) is 16.6. The Morgan fingerprint density at radius 3 is 2.20 bits per heavy atom. The van der Waals surface area contributed by atoms with Crippen LogP contribution in [-0.4, -0.2) is 81.8 Å². The van der Waals surface area contributed by atoms with E-state index in [0.717, 1.165) is 0 Å². The molecule has 14 nitrogen and oxygen atoms in total. The number of benzene rings is 1. The Balaban J connectivity index is 1.89. The van der Waals surface area contributed by atoms with Crippen molar-refractivity contribution in [1.29, 1.82) is 0 Å². The van der Waals surface area contributed by atoms with E-state index < -0.39 is 88.8 Å². The van der Waals surface area contributed by atoms with Gasteiger partial charge in [0.1, 0.15) is 23.3 Å². The summed E-state index contributed by atoms with van der Waals surface area (Å²) < 4.78 is 23.2. The molecular weight excluding hydrogens is 662 g/mol. The number of fused-ring (bicyclic) bond motifs is 13. The summed E-state index contributed by atoms with van der Waals surface area (Å²) in [6, 6.07) is 0. The molecule has 0 saturated heterocycles. The molecule has 51 heavy (non-hydrogen) atoms. The Morgan fingerprint density at radius 2 is 1.59 bits per heavy atom. The van der Waals surface area contributed by atoms with Crippen molar-refractivity contribution in [3.05, 3.63) is 64.1 Å². The van der Waals surface area contributed by atoms with Crippen LogP contribution in [0.5, 0.6) is 11.5 Å². The van der Waals surface area contributed by atoms with Crippen LogP contribution in [0.25, 0.3) is 5.70 Å². The van der Waals surface area contributed by atoms with Crippen LogP contribution in [0.15, 0.2) is 46.8 Å². The summed E-state index contributed by atoms with van der Waals surface area (Å²) in [6.07, 6.45) is 3.44. The number of allylic oxidation sites excluding steroid dienone is 3. The Labute approximate surface area is 296 Å². The molecule has 5 rings (SSSR count). The number of ketones is 2. The number of methoxy groups -OCH3 is 1. The molecule has 1 amide bonds. The number of aliphatic hydroxyl groups is 2. The van der Waals surface area contributed by atoms with Gasteiger partial charge in [0.05, 0.1) is 47.1 Å². The highest BCUT2D eigenvalue weighted by atomic mass is 16.7. The van der Waals surface area contributed by atoms with Crippen LogP contribution in [0.2, 0.25) is 0 Å². The Morgan fingerprint density at radius 1 is 0.941 bits per heavy atom. The van der Waals surface area contributed by atoms with Gasteiger partial charge in [-0.15, -0.1) is 0 Å². The highest BCUT2D eigenvalue weighted by Crippen LogP contribution is 2.49. The van der Waals surface area contributed by atoms with Crippen molar-refractivity contribution in [1.82, 2.24) is 0 Å². The van der Waals surface area contributed by atoms with Crippen molar-refractivity contribution in [2.75, 3.05) is 7.11 Å². The van der Waals surface area contributed by atoms with Gasteiger partial charge in [0.25, 0.3) is 11.7 Å². The summed E-state index contributed by atoms with van der Waals surface area (Å²) in [6.45, 7) is 12.4. The fourth-order valence-corrected chi connectivity index (χ4v) is 6.72. The van der Waals surface area contributed by atoms with Gasteiger partial charge in [0.15, 0.2) is 0 Å². The van der Waals surface area contributed by atoms with Crippen LogP contribution in [0, 0.1) is 30.6 Å². The number of ether oxygens (including phenoxy) is 4. The van der Waals surface area contributed by atoms with Crippen molar-refractivity contribution < 1.29 is 53.4 Å². The number of carbonyl (C=O) groups is 4. The number of phenols is 1. The first-order chi connectivity index (χ1) is 23.8. The SMILES string of the molecule is CO[C@H]1/C=C/O[C@@]2(C)Oc3c(C)c(O)c4c(c3C2=O)C(N)=C(N)C(=NC(=O)/C(C)=C\C=C\[C@H](C)[C@H](O)[C@@H](C)[C@@H](O)[C@H](C)[C@H](OC(C)=O)[C@H]1C)C4=O. The normalized spacial score (nSPS) is 34.2. The minimum absolute atomic E-state index is 0.0399. The molecule has 7 N–H and O–H groups in total. The molecular formula is C37H47N3O11. The van der Waals surface area contributed by atoms with E-state index >= 15 is 0 Å². The lowest BCUT2D eigenvalue weighted by Crippen LogP contribution is -2.46. The van der Waals surface area contributed by atoms with Crippen molar-refractivity contribution in [3.63, 3.8) is 0 Å². The van der Waals surface area contributed by atoms with E-state index in [2.05, 4.69) is 4.99 Å². The molecule has 9 atom stereocenters. The maximum Gasteiger partial charge on any atom is 0.312 e. The first-order valence-corrected chi connectivity index (χ1v) is 16.6. The molecule has 0 saturated carbocycles. The molecule has 5 bridgehead atoms. The van der Waals surface area contributed by atoms with Crippen molar-refractivity contribution in [2.45, 2.75) is 85.6 Å². The van der Waals surface area contributed by atoms with Crippen LogP contribution in [0.1, 0.15) is 80.3 Å². The summed E-state index contributed by atoms with van der Waals surface area (Å²) in [4.78, 5) is 57.1. The maximum atomic E-state index is 14.0. The predicted octanol–water partition coefficient (Wildman–Crippen LogP) is 3.00. The number of nitrogens with two attached hydrogens (primary N) is 2. The minimum atomic E-state index is -2.00. The number of Topliss-reactive ketones (excluding diaryl/α,β-unsaturated/α-hetero) is 2. The van der Waals surface area contributed by atoms with Crippen molar-refractivity contribution >= 4 is 34.9 Å². The number of esters is 1. The molecule has 14 heteroatoms. The average molecular weight is 710 g/mol. The molecule has 0 unspecified atom stereocenters. The highest BCUT2D eigenvalue weighted by Gasteiger charge is 2.51. The predicted molar refractivity (Wildman–Crippen MR) is 186 cm³/mol. The van der Waals surface area contributed by atoms with E-state index in [1.807, 2.05) is 0 Å². The molecule has 3 aliphatic heterocycles. The number of aliphatic imine (C=N–C) groups is 1. The van der Waals surface area contributed by atoms with E-state index in [0.29, 0.717) is 0 Å². The second-order valence-corrected chi connectivity index (χ2v) is 13.6. The van der Waals surface area contributed by atoms with Gasteiger partial charge >= 0.3 is 11.8 Å². The molecule has 0 spiro atoms. The summed E-state index contributed by atoms with van der Waals surface area (Å²) in [5.74, 6) is -8.14. The van der Waals surface area contributed by atoms with E-state index in [-0.39, 0.29) is 45.0 Å². The van der Waals surface area contributed by atoms with Crippen LogP contribution in [0.4, 0.5) is 0 Å². The van der Waals surface area contributed by atoms with E-state index in [1.54, 1.807) is 33.8 Å². The lowest BCUT2D eigenvalue weighted by molar-refractivity contribution is -0.160. The zero-order chi connectivity index (χ0) is 38.3. The molecule has 276 valence electrons. The minimum Gasteiger partial charge on any atom is -0.507 e. The first kappa shape index (κ1) is 39.0. The van der Waals surface area contributed by atoms with E-state index in [1.165, 1.54) is 59.3 Å². The molecule has 3 heterocycles. The third-order valence-corrected chi connectivity index (χ3v) is 10.0. The summed E-state index contributed by atoms with van der Waals surface area (Å²) in [7, 11) is 1.43. The van der Waals surface area contributed by atoms with Gasteiger partial charge in [-0.25, -0.2) is 4.99 Å². The van der Waals surface area contributed by atoms with Crippen LogP contribution in [0.3, 0.4) is 0 Å². The molecule has 4 aliphatic rings. The maximum absolute atomic E-state index is 14.0. The number of carbonyl (C=O) groups excluding carboxylic acids is 4. The fraction of sp³-hybridized carbons (Fsp3) is 0.486. The van der Waals surface area contributed by atoms with Gasteiger partial charge in [-0.1, -0.05) is 45.9 Å². The third-order valence-electron chi connectivity index (χ3n) is 10.0. The molecule has 1 aliphatic carbocycles. The number of rotatable bonds is 2. The van der Waals surface area contributed by atoms with Crippen molar-refractivity contribution in [2.24, 2.45) is 40.1 Å². The second kappa shape index (κ2) is 14.8.